The molecule has 3 rings (SSSR count). The van der Waals surface area contributed by atoms with Crippen LogP contribution in [0.25, 0.3) is 0 Å². The van der Waals surface area contributed by atoms with Crippen molar-refractivity contribution in [1.82, 2.24) is 5.32 Å². The van der Waals surface area contributed by atoms with E-state index in [0.29, 0.717) is 24.8 Å². The molecule has 0 saturated carbocycles. The van der Waals surface area contributed by atoms with E-state index in [2.05, 4.69) is 16.1 Å². The maximum atomic E-state index is 11.1. The minimum absolute atomic E-state index is 0.298. The van der Waals surface area contributed by atoms with Crippen LogP contribution in [-0.4, -0.2) is 33.0 Å². The van der Waals surface area contributed by atoms with E-state index in [1.165, 1.54) is 12.7 Å². The molecule has 0 bridgehead atoms. The normalized spacial score (nSPS) is 13.7. The van der Waals surface area contributed by atoms with Crippen LogP contribution in [0, 0.1) is 0 Å². The van der Waals surface area contributed by atoms with Crippen LogP contribution >= 0.6 is 11.6 Å². The number of fused-ring (bicyclic) bond motifs is 1. The second kappa shape index (κ2) is 8.23. The number of halogens is 1. The molecule has 0 saturated heterocycles. The minimum Gasteiger partial charge on any atom is -0.493 e. The summed E-state index contributed by atoms with van der Waals surface area (Å²) in [7, 11) is 1.33. The molecule has 1 unspecified atom stereocenters. The highest BCUT2D eigenvalue weighted by Gasteiger charge is 2.19. The summed E-state index contributed by atoms with van der Waals surface area (Å²) in [4.78, 5) is 11.1. The highest BCUT2D eigenvalue weighted by Crippen LogP contribution is 2.33. The van der Waals surface area contributed by atoms with E-state index in [1.807, 2.05) is 36.4 Å². The molecule has 1 aliphatic heterocycles. The number of methoxy groups -OCH3 is 1. The topological polar surface area (TPSA) is 56.8 Å². The Morgan fingerprint density at radius 2 is 2.12 bits per heavy atom. The van der Waals surface area contributed by atoms with Gasteiger partial charge in [0.1, 0.15) is 11.9 Å². The van der Waals surface area contributed by atoms with Gasteiger partial charge in [0.2, 0.25) is 0 Å². The van der Waals surface area contributed by atoms with Gasteiger partial charge in [0.05, 0.1) is 20.3 Å². The van der Waals surface area contributed by atoms with Gasteiger partial charge in [0, 0.05) is 18.0 Å². The first-order valence-electron chi connectivity index (χ1n) is 8.12. The van der Waals surface area contributed by atoms with Gasteiger partial charge >= 0.3 is 6.09 Å². The Bertz CT molecular complexity index is 750. The molecule has 25 heavy (non-hydrogen) atoms. The SMILES string of the molecule is COC(=O)NCCOC(c1cccc(Cl)c1)c1ccc2c(c1)OCC2. The second-order valence-corrected chi connectivity index (χ2v) is 6.13. The van der Waals surface area contributed by atoms with Crippen molar-refractivity contribution in [1.29, 1.82) is 0 Å². The van der Waals surface area contributed by atoms with E-state index >= 15 is 0 Å². The lowest BCUT2D eigenvalue weighted by atomic mass is 9.99. The third-order valence-electron chi connectivity index (χ3n) is 4.02. The molecule has 0 aromatic heterocycles. The van der Waals surface area contributed by atoms with Crippen molar-refractivity contribution in [2.24, 2.45) is 0 Å². The molecule has 0 spiro atoms. The van der Waals surface area contributed by atoms with Gasteiger partial charge in [-0.05, 0) is 34.9 Å². The Balaban J connectivity index is 1.78. The van der Waals surface area contributed by atoms with Crippen LogP contribution in [0.1, 0.15) is 22.8 Å². The van der Waals surface area contributed by atoms with Crippen LogP contribution in [0.15, 0.2) is 42.5 Å². The first-order chi connectivity index (χ1) is 12.2. The van der Waals surface area contributed by atoms with E-state index in [0.717, 1.165) is 23.3 Å². The minimum atomic E-state index is -0.478. The molecule has 0 aliphatic carbocycles. The molecule has 1 aliphatic rings. The lowest BCUT2D eigenvalue weighted by Crippen LogP contribution is -2.27. The van der Waals surface area contributed by atoms with Gasteiger partial charge in [-0.3, -0.25) is 0 Å². The average Bonchev–Trinajstić information content (AvgIpc) is 3.09. The van der Waals surface area contributed by atoms with Gasteiger partial charge in [-0.1, -0.05) is 35.9 Å². The fourth-order valence-corrected chi connectivity index (χ4v) is 3.00. The summed E-state index contributed by atoms with van der Waals surface area (Å²) in [5, 5.41) is 3.26. The molecule has 1 atom stereocenters. The van der Waals surface area contributed by atoms with Gasteiger partial charge in [-0.25, -0.2) is 4.79 Å². The molecular formula is C19H20ClNO4. The van der Waals surface area contributed by atoms with Gasteiger partial charge < -0.3 is 19.5 Å². The number of ether oxygens (including phenoxy) is 3. The maximum absolute atomic E-state index is 11.1. The fourth-order valence-electron chi connectivity index (χ4n) is 2.80. The van der Waals surface area contributed by atoms with Crippen molar-refractivity contribution in [3.05, 3.63) is 64.2 Å². The third kappa shape index (κ3) is 4.44. The summed E-state index contributed by atoms with van der Waals surface area (Å²) in [6, 6.07) is 13.7. The molecule has 0 radical (unpaired) electrons. The van der Waals surface area contributed by atoms with Crippen molar-refractivity contribution in [2.75, 3.05) is 26.9 Å². The number of benzene rings is 2. The summed E-state index contributed by atoms with van der Waals surface area (Å²) in [6.07, 6.45) is 0.155. The Labute approximate surface area is 151 Å². The Kier molecular flexibility index (Phi) is 5.79. The summed E-state index contributed by atoms with van der Waals surface area (Å²) in [6.45, 7) is 1.40. The molecule has 5 nitrogen and oxygen atoms in total. The summed E-state index contributed by atoms with van der Waals surface area (Å²) < 4.78 is 16.3. The largest absolute Gasteiger partial charge is 0.493 e. The number of hydrogen-bond acceptors (Lipinski definition) is 4. The Morgan fingerprint density at radius 3 is 2.92 bits per heavy atom. The fraction of sp³-hybridized carbons (Fsp3) is 0.316. The van der Waals surface area contributed by atoms with Crippen LogP contribution < -0.4 is 10.1 Å². The van der Waals surface area contributed by atoms with E-state index in [-0.39, 0.29) is 6.10 Å². The molecule has 1 amide bonds. The van der Waals surface area contributed by atoms with Gasteiger partial charge in [-0.2, -0.15) is 0 Å². The third-order valence-corrected chi connectivity index (χ3v) is 4.25. The van der Waals surface area contributed by atoms with Crippen molar-refractivity contribution >= 4 is 17.7 Å². The molecule has 6 heteroatoms. The molecule has 0 fully saturated rings. The quantitative estimate of drug-likeness (QED) is 0.796. The zero-order valence-electron chi connectivity index (χ0n) is 14.0. The smallest absolute Gasteiger partial charge is 0.406 e. The first kappa shape index (κ1) is 17.6. The van der Waals surface area contributed by atoms with Crippen LogP contribution in [-0.2, 0) is 15.9 Å². The highest BCUT2D eigenvalue weighted by atomic mass is 35.5. The van der Waals surface area contributed by atoms with Gasteiger partial charge in [-0.15, -0.1) is 0 Å². The number of nitrogens with one attached hydrogen (secondary N) is 1. The number of hydrogen-bond donors (Lipinski definition) is 1. The lowest BCUT2D eigenvalue weighted by Gasteiger charge is -2.20. The number of amides is 1. The van der Waals surface area contributed by atoms with E-state index in [4.69, 9.17) is 21.1 Å². The Hall–Kier alpha value is -2.24. The van der Waals surface area contributed by atoms with Gasteiger partial charge in [0.15, 0.2) is 0 Å². The number of carbonyl (C=O) groups is 1. The van der Waals surface area contributed by atoms with Crippen LogP contribution in [0.5, 0.6) is 5.75 Å². The van der Waals surface area contributed by atoms with E-state index < -0.39 is 6.09 Å². The number of alkyl carbamates (subject to hydrolysis) is 1. The zero-order valence-corrected chi connectivity index (χ0v) is 14.7. The predicted molar refractivity (Wildman–Crippen MR) is 95.3 cm³/mol. The van der Waals surface area contributed by atoms with Crippen LogP contribution in [0.4, 0.5) is 4.79 Å². The van der Waals surface area contributed by atoms with Crippen molar-refractivity contribution in [3.8, 4) is 5.75 Å². The molecular weight excluding hydrogens is 342 g/mol. The Morgan fingerprint density at radius 1 is 1.28 bits per heavy atom. The predicted octanol–water partition coefficient (Wildman–Crippen LogP) is 3.74. The molecule has 2 aromatic carbocycles. The van der Waals surface area contributed by atoms with Crippen LogP contribution in [0.2, 0.25) is 5.02 Å². The average molecular weight is 362 g/mol. The van der Waals surface area contributed by atoms with Crippen molar-refractivity contribution < 1.29 is 19.0 Å². The highest BCUT2D eigenvalue weighted by molar-refractivity contribution is 6.30. The lowest BCUT2D eigenvalue weighted by molar-refractivity contribution is 0.0805. The number of carbonyl (C=O) groups excluding carboxylic acids is 1. The summed E-state index contributed by atoms with van der Waals surface area (Å²) >= 11 is 6.14. The monoisotopic (exact) mass is 361 g/mol. The molecule has 1 heterocycles. The first-order valence-corrected chi connectivity index (χ1v) is 8.49. The maximum Gasteiger partial charge on any atom is 0.406 e. The number of rotatable bonds is 6. The van der Waals surface area contributed by atoms with Crippen molar-refractivity contribution in [3.63, 3.8) is 0 Å². The second-order valence-electron chi connectivity index (χ2n) is 5.69. The van der Waals surface area contributed by atoms with Crippen LogP contribution in [0.3, 0.4) is 0 Å². The van der Waals surface area contributed by atoms with E-state index in [9.17, 15) is 4.79 Å². The summed E-state index contributed by atoms with van der Waals surface area (Å²) in [5.74, 6) is 0.904. The molecule has 2 aromatic rings. The van der Waals surface area contributed by atoms with Gasteiger partial charge in [0.25, 0.3) is 0 Å². The van der Waals surface area contributed by atoms with Crippen molar-refractivity contribution in [2.45, 2.75) is 12.5 Å². The standard InChI is InChI=1S/C19H20ClNO4/c1-23-19(22)21-8-10-25-18(14-3-2-4-16(20)11-14)15-6-5-13-7-9-24-17(13)12-15/h2-6,11-12,18H,7-10H2,1H3,(H,21,22). The zero-order chi connectivity index (χ0) is 17.6. The molecule has 1 N–H and O–H groups in total. The molecule has 132 valence electrons. The van der Waals surface area contributed by atoms with E-state index in [1.54, 1.807) is 0 Å². The summed E-state index contributed by atoms with van der Waals surface area (Å²) in [5.41, 5.74) is 3.14.